The van der Waals surface area contributed by atoms with Gasteiger partial charge in [0, 0.05) is 6.54 Å². The molecular weight excluding hydrogens is 360 g/mol. The van der Waals surface area contributed by atoms with Crippen LogP contribution in [0, 0.1) is 0 Å². The molecule has 29 heavy (non-hydrogen) atoms. The highest BCUT2D eigenvalue weighted by Crippen LogP contribution is 2.25. The van der Waals surface area contributed by atoms with Gasteiger partial charge in [-0.05, 0) is 62.0 Å². The topological polar surface area (TPSA) is 41.6 Å². The Morgan fingerprint density at radius 1 is 1.03 bits per heavy atom. The number of hydrogen-bond donors (Lipinski definition) is 1. The standard InChI is InChI=1S/C25H34N2O2/c1-3-18-29-24-11-7-6-10-22(24)25(28)26-19-23(27-16-8-5-9-17-27)21-14-12-20(4-2)13-15-21/h6-7,10-15,23H,3-5,8-9,16-19H2,1-2H3,(H,26,28)/t23-/m0/s1. The number of ether oxygens (including phenoxy) is 1. The van der Waals surface area contributed by atoms with Crippen molar-refractivity contribution in [1.29, 1.82) is 0 Å². The number of piperidine rings is 1. The van der Waals surface area contributed by atoms with Crippen LogP contribution >= 0.6 is 0 Å². The number of carbonyl (C=O) groups excluding carboxylic acids is 1. The normalized spacial score (nSPS) is 15.7. The molecule has 1 fully saturated rings. The van der Waals surface area contributed by atoms with E-state index in [1.807, 2.05) is 24.3 Å². The van der Waals surface area contributed by atoms with Crippen molar-refractivity contribution in [1.82, 2.24) is 10.2 Å². The van der Waals surface area contributed by atoms with Crippen LogP contribution in [0.15, 0.2) is 48.5 Å². The van der Waals surface area contributed by atoms with Gasteiger partial charge >= 0.3 is 0 Å². The molecule has 1 amide bonds. The van der Waals surface area contributed by atoms with Gasteiger partial charge in [-0.25, -0.2) is 0 Å². The number of carbonyl (C=O) groups is 1. The van der Waals surface area contributed by atoms with Gasteiger partial charge in [0.25, 0.3) is 5.91 Å². The summed E-state index contributed by atoms with van der Waals surface area (Å²) < 4.78 is 5.77. The van der Waals surface area contributed by atoms with Crippen LogP contribution < -0.4 is 10.1 Å². The predicted molar refractivity (Wildman–Crippen MR) is 119 cm³/mol. The van der Waals surface area contributed by atoms with E-state index in [9.17, 15) is 4.79 Å². The van der Waals surface area contributed by atoms with Crippen molar-refractivity contribution in [2.75, 3.05) is 26.2 Å². The Morgan fingerprint density at radius 2 is 1.76 bits per heavy atom. The minimum atomic E-state index is -0.0658. The SMILES string of the molecule is CCCOc1ccccc1C(=O)NC[C@@H](c1ccc(CC)cc1)N1CCCCC1. The first-order valence-corrected chi connectivity index (χ1v) is 11.1. The van der Waals surface area contributed by atoms with E-state index in [2.05, 4.69) is 48.3 Å². The molecule has 2 aromatic rings. The summed E-state index contributed by atoms with van der Waals surface area (Å²) in [5.74, 6) is 0.595. The monoisotopic (exact) mass is 394 g/mol. The van der Waals surface area contributed by atoms with Gasteiger partial charge in [0.05, 0.1) is 18.2 Å². The van der Waals surface area contributed by atoms with Gasteiger partial charge < -0.3 is 10.1 Å². The van der Waals surface area contributed by atoms with Crippen molar-refractivity contribution in [3.05, 3.63) is 65.2 Å². The Balaban J connectivity index is 1.73. The fraction of sp³-hybridized carbons (Fsp3) is 0.480. The summed E-state index contributed by atoms with van der Waals surface area (Å²) in [6.45, 7) is 7.64. The molecule has 0 saturated carbocycles. The third-order valence-corrected chi connectivity index (χ3v) is 5.65. The summed E-state index contributed by atoms with van der Waals surface area (Å²) in [7, 11) is 0. The molecule has 1 heterocycles. The maximum absolute atomic E-state index is 12.9. The van der Waals surface area contributed by atoms with Crippen LogP contribution in [0.1, 0.15) is 67.1 Å². The summed E-state index contributed by atoms with van der Waals surface area (Å²) in [5.41, 5.74) is 3.23. The van der Waals surface area contributed by atoms with Gasteiger partial charge in [0.15, 0.2) is 0 Å². The molecule has 1 saturated heterocycles. The van der Waals surface area contributed by atoms with E-state index >= 15 is 0 Å². The van der Waals surface area contributed by atoms with Crippen LogP contribution in [0.4, 0.5) is 0 Å². The van der Waals surface area contributed by atoms with E-state index in [-0.39, 0.29) is 11.9 Å². The fourth-order valence-electron chi connectivity index (χ4n) is 3.94. The Morgan fingerprint density at radius 3 is 2.45 bits per heavy atom. The zero-order valence-corrected chi connectivity index (χ0v) is 17.8. The van der Waals surface area contributed by atoms with Crippen LogP contribution in [0.25, 0.3) is 0 Å². The van der Waals surface area contributed by atoms with Crippen molar-refractivity contribution >= 4 is 5.91 Å². The number of likely N-dealkylation sites (tertiary alicyclic amines) is 1. The Bertz CT molecular complexity index is 767. The Labute approximate surface area is 175 Å². The summed E-state index contributed by atoms with van der Waals surface area (Å²) in [5, 5.41) is 3.18. The van der Waals surface area contributed by atoms with E-state index in [0.29, 0.717) is 24.5 Å². The summed E-state index contributed by atoms with van der Waals surface area (Å²) in [6.07, 6.45) is 5.71. The van der Waals surface area contributed by atoms with Crippen molar-refractivity contribution in [2.24, 2.45) is 0 Å². The molecular formula is C25H34N2O2. The lowest BCUT2D eigenvalue weighted by Gasteiger charge is -2.35. The quantitative estimate of drug-likeness (QED) is 0.651. The summed E-state index contributed by atoms with van der Waals surface area (Å²) in [4.78, 5) is 15.5. The van der Waals surface area contributed by atoms with Crippen molar-refractivity contribution in [3.8, 4) is 5.75 Å². The van der Waals surface area contributed by atoms with Gasteiger partial charge in [-0.3, -0.25) is 9.69 Å². The number of nitrogens with zero attached hydrogens (tertiary/aromatic N) is 1. The Hall–Kier alpha value is -2.33. The number of benzene rings is 2. The van der Waals surface area contributed by atoms with E-state index in [0.717, 1.165) is 25.9 Å². The van der Waals surface area contributed by atoms with Crippen LogP contribution in [-0.4, -0.2) is 37.0 Å². The number of hydrogen-bond acceptors (Lipinski definition) is 3. The molecule has 3 rings (SSSR count). The molecule has 0 aliphatic carbocycles. The van der Waals surface area contributed by atoms with Gasteiger partial charge in [0.2, 0.25) is 0 Å². The lowest BCUT2D eigenvalue weighted by Crippen LogP contribution is -2.40. The summed E-state index contributed by atoms with van der Waals surface area (Å²) in [6, 6.07) is 16.6. The second-order valence-electron chi connectivity index (χ2n) is 7.76. The molecule has 0 unspecified atom stereocenters. The summed E-state index contributed by atoms with van der Waals surface area (Å²) >= 11 is 0. The lowest BCUT2D eigenvalue weighted by molar-refractivity contribution is 0.0920. The first-order valence-electron chi connectivity index (χ1n) is 11.1. The zero-order valence-electron chi connectivity index (χ0n) is 17.8. The van der Waals surface area contributed by atoms with Crippen LogP contribution in [0.2, 0.25) is 0 Å². The lowest BCUT2D eigenvalue weighted by atomic mass is 9.99. The van der Waals surface area contributed by atoms with Crippen molar-refractivity contribution in [2.45, 2.75) is 52.0 Å². The van der Waals surface area contributed by atoms with Gasteiger partial charge in [0.1, 0.15) is 5.75 Å². The largest absolute Gasteiger partial charge is 0.493 e. The highest BCUT2D eigenvalue weighted by Gasteiger charge is 2.23. The molecule has 0 radical (unpaired) electrons. The maximum Gasteiger partial charge on any atom is 0.255 e. The average molecular weight is 395 g/mol. The zero-order chi connectivity index (χ0) is 20.5. The molecule has 2 aromatic carbocycles. The molecule has 1 atom stereocenters. The van der Waals surface area contributed by atoms with Gasteiger partial charge in [-0.2, -0.15) is 0 Å². The first-order chi connectivity index (χ1) is 14.2. The first kappa shape index (κ1) is 21.4. The molecule has 1 aliphatic heterocycles. The smallest absolute Gasteiger partial charge is 0.255 e. The number of aryl methyl sites for hydroxylation is 1. The second-order valence-corrected chi connectivity index (χ2v) is 7.76. The predicted octanol–water partition coefficient (Wildman–Crippen LogP) is 4.99. The minimum Gasteiger partial charge on any atom is -0.493 e. The molecule has 1 aliphatic rings. The maximum atomic E-state index is 12.9. The number of amides is 1. The van der Waals surface area contributed by atoms with Crippen molar-refractivity contribution in [3.63, 3.8) is 0 Å². The van der Waals surface area contributed by atoms with Gasteiger partial charge in [-0.15, -0.1) is 0 Å². The van der Waals surface area contributed by atoms with Crippen molar-refractivity contribution < 1.29 is 9.53 Å². The van der Waals surface area contributed by atoms with E-state index < -0.39 is 0 Å². The molecule has 1 N–H and O–H groups in total. The molecule has 0 bridgehead atoms. The molecule has 156 valence electrons. The Kier molecular flexibility index (Phi) is 8.12. The molecule has 0 spiro atoms. The number of para-hydroxylation sites is 1. The van der Waals surface area contributed by atoms with E-state index in [1.165, 1.54) is 30.4 Å². The van der Waals surface area contributed by atoms with E-state index in [1.54, 1.807) is 0 Å². The highest BCUT2D eigenvalue weighted by atomic mass is 16.5. The minimum absolute atomic E-state index is 0.0658. The third-order valence-electron chi connectivity index (χ3n) is 5.65. The third kappa shape index (κ3) is 5.83. The average Bonchev–Trinajstić information content (AvgIpc) is 2.79. The van der Waals surface area contributed by atoms with Crippen LogP contribution in [0.3, 0.4) is 0 Å². The number of rotatable bonds is 9. The van der Waals surface area contributed by atoms with E-state index in [4.69, 9.17) is 4.74 Å². The fourth-order valence-corrected chi connectivity index (χ4v) is 3.94. The second kappa shape index (κ2) is 11.0. The molecule has 4 nitrogen and oxygen atoms in total. The van der Waals surface area contributed by atoms with Crippen LogP contribution in [-0.2, 0) is 6.42 Å². The highest BCUT2D eigenvalue weighted by molar-refractivity contribution is 5.96. The number of nitrogens with one attached hydrogen (secondary N) is 1. The van der Waals surface area contributed by atoms with Crippen LogP contribution in [0.5, 0.6) is 5.75 Å². The molecule has 0 aromatic heterocycles. The molecule has 4 heteroatoms. The van der Waals surface area contributed by atoms with Gasteiger partial charge in [-0.1, -0.05) is 56.7 Å².